The normalized spacial score (nSPS) is 11.6. The third kappa shape index (κ3) is 9.02. The molecule has 0 saturated carbocycles. The molecule has 5 heteroatoms. The van der Waals surface area contributed by atoms with E-state index < -0.39 is 0 Å². The van der Waals surface area contributed by atoms with E-state index >= 15 is 0 Å². The van der Waals surface area contributed by atoms with Crippen LogP contribution in [0.25, 0.3) is 11.1 Å². The zero-order valence-corrected chi connectivity index (χ0v) is 20.9. The van der Waals surface area contributed by atoms with E-state index in [1.807, 2.05) is 30.3 Å². The minimum absolute atomic E-state index is 0.0169. The van der Waals surface area contributed by atoms with Crippen LogP contribution in [0.3, 0.4) is 0 Å². The summed E-state index contributed by atoms with van der Waals surface area (Å²) in [5.41, 5.74) is 6.07. The number of hydrogen-bond acceptors (Lipinski definition) is 3. The summed E-state index contributed by atoms with van der Waals surface area (Å²) in [5, 5.41) is 6.53. The number of aryl methyl sites for hydroxylation is 1. The Morgan fingerprint density at radius 1 is 0.886 bits per heavy atom. The van der Waals surface area contributed by atoms with E-state index in [2.05, 4.69) is 66.1 Å². The molecule has 2 amide bonds. The number of nitrogens with zero attached hydrogens (tertiary/aromatic N) is 1. The van der Waals surface area contributed by atoms with E-state index in [0.29, 0.717) is 19.6 Å². The molecule has 5 nitrogen and oxygen atoms in total. The van der Waals surface area contributed by atoms with Crippen molar-refractivity contribution in [1.29, 1.82) is 0 Å². The van der Waals surface area contributed by atoms with Gasteiger partial charge in [-0.05, 0) is 53.6 Å². The molecule has 0 heterocycles. The van der Waals surface area contributed by atoms with Crippen LogP contribution in [0.2, 0.25) is 0 Å². The van der Waals surface area contributed by atoms with Crippen LogP contribution >= 0.6 is 0 Å². The molecule has 3 aromatic rings. The first kappa shape index (κ1) is 26.2. The lowest BCUT2D eigenvalue weighted by atomic mass is 9.97. The lowest BCUT2D eigenvalue weighted by Crippen LogP contribution is -2.38. The van der Waals surface area contributed by atoms with Crippen molar-refractivity contribution in [3.05, 3.63) is 95.6 Å². The SMILES string of the molecule is CCc1cccc(-c2cccc(C[C@@H](CCNCCN(C=O)Cc3ccccc3)NC(C)=O)c2)c1. The Labute approximate surface area is 209 Å². The molecular weight excluding hydrogens is 434 g/mol. The van der Waals surface area contributed by atoms with Crippen LogP contribution in [0, 0.1) is 0 Å². The fraction of sp³-hybridized carbons (Fsp3) is 0.333. The van der Waals surface area contributed by atoms with Crippen molar-refractivity contribution in [3.63, 3.8) is 0 Å². The summed E-state index contributed by atoms with van der Waals surface area (Å²) in [4.78, 5) is 25.0. The van der Waals surface area contributed by atoms with Gasteiger partial charge in [-0.2, -0.15) is 0 Å². The Hall–Kier alpha value is -3.44. The molecule has 0 aromatic heterocycles. The maximum Gasteiger partial charge on any atom is 0.217 e. The number of carbonyl (C=O) groups excluding carboxylic acids is 2. The molecule has 0 fully saturated rings. The van der Waals surface area contributed by atoms with Crippen LogP contribution in [0.15, 0.2) is 78.9 Å². The number of carbonyl (C=O) groups is 2. The van der Waals surface area contributed by atoms with Gasteiger partial charge in [-0.25, -0.2) is 0 Å². The minimum Gasteiger partial charge on any atom is -0.353 e. The van der Waals surface area contributed by atoms with Crippen LogP contribution in [-0.4, -0.2) is 42.9 Å². The maximum atomic E-state index is 11.8. The van der Waals surface area contributed by atoms with Crippen LogP contribution in [0.4, 0.5) is 0 Å². The third-order valence-corrected chi connectivity index (χ3v) is 6.11. The second-order valence-electron chi connectivity index (χ2n) is 8.96. The van der Waals surface area contributed by atoms with Gasteiger partial charge in [0.15, 0.2) is 0 Å². The van der Waals surface area contributed by atoms with Gasteiger partial charge in [-0.15, -0.1) is 0 Å². The molecule has 0 aliphatic heterocycles. The van der Waals surface area contributed by atoms with Gasteiger partial charge in [0.25, 0.3) is 0 Å². The van der Waals surface area contributed by atoms with E-state index in [-0.39, 0.29) is 11.9 Å². The average Bonchev–Trinajstić information content (AvgIpc) is 2.88. The van der Waals surface area contributed by atoms with Gasteiger partial charge in [0.1, 0.15) is 0 Å². The standard InChI is InChI=1S/C30H37N3O2/c1-3-25-11-7-13-28(19-25)29-14-8-12-27(20-29)21-30(32-24(2)35)15-16-31-17-18-33(23-34)22-26-9-5-4-6-10-26/h4-14,19-20,23,30-31H,3,15-18,21-22H2,1-2H3,(H,32,35)/t30-/m1/s1. The number of amides is 2. The second kappa shape index (κ2) is 14.1. The Morgan fingerprint density at radius 2 is 1.54 bits per heavy atom. The van der Waals surface area contributed by atoms with Crippen molar-refractivity contribution in [2.75, 3.05) is 19.6 Å². The average molecular weight is 472 g/mol. The first-order chi connectivity index (χ1) is 17.1. The minimum atomic E-state index is -0.0169. The fourth-order valence-electron chi connectivity index (χ4n) is 4.26. The van der Waals surface area contributed by atoms with Crippen molar-refractivity contribution < 1.29 is 9.59 Å². The first-order valence-corrected chi connectivity index (χ1v) is 12.5. The van der Waals surface area contributed by atoms with Crippen LogP contribution < -0.4 is 10.6 Å². The second-order valence-corrected chi connectivity index (χ2v) is 8.96. The number of hydrogen-bond donors (Lipinski definition) is 2. The topological polar surface area (TPSA) is 61.4 Å². The highest BCUT2D eigenvalue weighted by atomic mass is 16.1. The zero-order chi connectivity index (χ0) is 24.9. The highest BCUT2D eigenvalue weighted by Crippen LogP contribution is 2.22. The van der Waals surface area contributed by atoms with Crippen LogP contribution in [-0.2, 0) is 29.0 Å². The highest BCUT2D eigenvalue weighted by molar-refractivity contribution is 5.73. The monoisotopic (exact) mass is 471 g/mol. The molecule has 0 saturated heterocycles. The summed E-state index contributed by atoms with van der Waals surface area (Å²) in [6.07, 6.45) is 3.51. The van der Waals surface area contributed by atoms with Gasteiger partial charge in [-0.3, -0.25) is 9.59 Å². The number of nitrogens with one attached hydrogen (secondary N) is 2. The maximum absolute atomic E-state index is 11.8. The van der Waals surface area contributed by atoms with E-state index in [1.54, 1.807) is 11.8 Å². The summed E-state index contributed by atoms with van der Waals surface area (Å²) in [5.74, 6) is -0.0169. The van der Waals surface area contributed by atoms with Gasteiger partial charge in [-0.1, -0.05) is 85.8 Å². The highest BCUT2D eigenvalue weighted by Gasteiger charge is 2.12. The predicted molar refractivity (Wildman–Crippen MR) is 143 cm³/mol. The fourth-order valence-corrected chi connectivity index (χ4v) is 4.26. The molecule has 0 spiro atoms. The van der Waals surface area contributed by atoms with Gasteiger partial charge in [0, 0.05) is 32.6 Å². The Kier molecular flexibility index (Phi) is 10.5. The number of rotatable bonds is 14. The number of benzene rings is 3. The molecule has 0 radical (unpaired) electrons. The van der Waals surface area contributed by atoms with Crippen molar-refractivity contribution in [1.82, 2.24) is 15.5 Å². The molecule has 0 aliphatic carbocycles. The lowest BCUT2D eigenvalue weighted by Gasteiger charge is -2.20. The summed E-state index contributed by atoms with van der Waals surface area (Å²) in [6, 6.07) is 27.3. The Bertz CT molecular complexity index is 1070. The molecule has 1 atom stereocenters. The predicted octanol–water partition coefficient (Wildman–Crippen LogP) is 4.60. The van der Waals surface area contributed by atoms with E-state index in [0.717, 1.165) is 37.8 Å². The quantitative estimate of drug-likeness (QED) is 0.267. The van der Waals surface area contributed by atoms with Crippen molar-refractivity contribution in [2.45, 2.75) is 45.7 Å². The van der Waals surface area contributed by atoms with E-state index in [4.69, 9.17) is 0 Å². The molecule has 0 bridgehead atoms. The Balaban J connectivity index is 1.51. The molecule has 35 heavy (non-hydrogen) atoms. The molecule has 0 aliphatic rings. The van der Waals surface area contributed by atoms with Crippen molar-refractivity contribution in [2.24, 2.45) is 0 Å². The summed E-state index contributed by atoms with van der Waals surface area (Å²) in [6.45, 7) is 6.46. The summed E-state index contributed by atoms with van der Waals surface area (Å²) >= 11 is 0. The van der Waals surface area contributed by atoms with Gasteiger partial charge in [0.2, 0.25) is 12.3 Å². The molecule has 2 N–H and O–H groups in total. The first-order valence-electron chi connectivity index (χ1n) is 12.5. The van der Waals surface area contributed by atoms with Crippen LogP contribution in [0.5, 0.6) is 0 Å². The smallest absolute Gasteiger partial charge is 0.217 e. The zero-order valence-electron chi connectivity index (χ0n) is 20.9. The lowest BCUT2D eigenvalue weighted by molar-refractivity contribution is -0.120. The molecule has 3 aromatic carbocycles. The molecule has 184 valence electrons. The van der Waals surface area contributed by atoms with Gasteiger partial charge in [0.05, 0.1) is 0 Å². The summed E-state index contributed by atoms with van der Waals surface area (Å²) < 4.78 is 0. The van der Waals surface area contributed by atoms with Gasteiger partial charge < -0.3 is 15.5 Å². The van der Waals surface area contributed by atoms with E-state index in [1.165, 1.54) is 22.3 Å². The largest absolute Gasteiger partial charge is 0.353 e. The van der Waals surface area contributed by atoms with E-state index in [9.17, 15) is 9.59 Å². The molecular formula is C30H37N3O2. The van der Waals surface area contributed by atoms with Gasteiger partial charge >= 0.3 is 0 Å². The molecule has 0 unspecified atom stereocenters. The Morgan fingerprint density at radius 3 is 2.20 bits per heavy atom. The van der Waals surface area contributed by atoms with Crippen molar-refractivity contribution >= 4 is 12.3 Å². The third-order valence-electron chi connectivity index (χ3n) is 6.11. The molecule has 3 rings (SSSR count). The van der Waals surface area contributed by atoms with Crippen LogP contribution in [0.1, 0.15) is 37.0 Å². The van der Waals surface area contributed by atoms with Crippen molar-refractivity contribution in [3.8, 4) is 11.1 Å². The summed E-state index contributed by atoms with van der Waals surface area (Å²) in [7, 11) is 0.